The van der Waals surface area contributed by atoms with Crippen LogP contribution >= 0.6 is 7.92 Å². The maximum Gasteiger partial charge on any atom is 0.140 e. The molecule has 0 saturated heterocycles. The molecule has 3 heteroatoms. The summed E-state index contributed by atoms with van der Waals surface area (Å²) in [7, 11) is -0.834. The van der Waals surface area contributed by atoms with Gasteiger partial charge in [0.25, 0.3) is 0 Å². The minimum atomic E-state index is -0.834. The first kappa shape index (κ1) is 20.8. The van der Waals surface area contributed by atoms with Gasteiger partial charge in [0, 0.05) is 18.5 Å². The summed E-state index contributed by atoms with van der Waals surface area (Å²) in [5, 5.41) is 6.16. The second-order valence-corrected chi connectivity index (χ2v) is 11.4. The van der Waals surface area contributed by atoms with E-state index >= 15 is 0 Å². The van der Waals surface area contributed by atoms with Gasteiger partial charge in [-0.15, -0.1) is 0 Å². The van der Waals surface area contributed by atoms with Gasteiger partial charge in [-0.05, 0) is 57.3 Å². The lowest BCUT2D eigenvalue weighted by Gasteiger charge is -2.35. The highest BCUT2D eigenvalue weighted by molar-refractivity contribution is 7.81. The largest absolute Gasteiger partial charge is 0.456 e. The molecule has 0 N–H and O–H groups in total. The SMILES string of the molecule is c1ccc(-c2ccccc2-c2cc3c4c(c2)Oc2ccc5ccccc5c2P4c2ccccc2O3)cc1. The smallest absolute Gasteiger partial charge is 0.140 e. The molecule has 8 rings (SSSR count). The van der Waals surface area contributed by atoms with Crippen molar-refractivity contribution in [3.8, 4) is 45.3 Å². The third-order valence-corrected chi connectivity index (χ3v) is 9.87. The van der Waals surface area contributed by atoms with Crippen LogP contribution in [0, 0.1) is 0 Å². The van der Waals surface area contributed by atoms with Gasteiger partial charge in [-0.1, -0.05) is 103 Å². The van der Waals surface area contributed by atoms with Crippen molar-refractivity contribution in [2.75, 3.05) is 0 Å². The summed E-state index contributed by atoms with van der Waals surface area (Å²) in [5.74, 6) is 3.65. The lowest BCUT2D eigenvalue weighted by Crippen LogP contribution is -2.32. The zero-order chi connectivity index (χ0) is 24.3. The topological polar surface area (TPSA) is 18.5 Å². The van der Waals surface area contributed by atoms with Crippen LogP contribution in [0.4, 0.5) is 0 Å². The van der Waals surface area contributed by atoms with E-state index in [1.165, 1.54) is 37.8 Å². The summed E-state index contributed by atoms with van der Waals surface area (Å²) >= 11 is 0. The fourth-order valence-electron chi connectivity index (χ4n) is 5.58. The van der Waals surface area contributed by atoms with Crippen molar-refractivity contribution in [1.29, 1.82) is 0 Å². The molecule has 2 nitrogen and oxygen atoms in total. The third kappa shape index (κ3) is 3.16. The van der Waals surface area contributed by atoms with Crippen LogP contribution in [-0.4, -0.2) is 0 Å². The lowest BCUT2D eigenvalue weighted by atomic mass is 9.94. The first-order chi connectivity index (χ1) is 18.3. The van der Waals surface area contributed by atoms with Crippen LogP contribution in [-0.2, 0) is 0 Å². The van der Waals surface area contributed by atoms with Crippen molar-refractivity contribution in [2.45, 2.75) is 0 Å². The molecule has 0 saturated carbocycles. The highest BCUT2D eigenvalue weighted by atomic mass is 31.1. The molecule has 37 heavy (non-hydrogen) atoms. The summed E-state index contributed by atoms with van der Waals surface area (Å²) in [6.07, 6.45) is 0. The van der Waals surface area contributed by atoms with E-state index in [9.17, 15) is 0 Å². The minimum absolute atomic E-state index is 0.834. The number of benzene rings is 6. The molecule has 174 valence electrons. The molecule has 1 unspecified atom stereocenters. The monoisotopic (exact) mass is 492 g/mol. The number of hydrogen-bond acceptors (Lipinski definition) is 2. The summed E-state index contributed by atoms with van der Waals surface area (Å²) in [5.41, 5.74) is 4.63. The van der Waals surface area contributed by atoms with Crippen molar-refractivity contribution >= 4 is 34.6 Å². The van der Waals surface area contributed by atoms with Crippen LogP contribution in [0.5, 0.6) is 23.0 Å². The molecule has 0 spiro atoms. The lowest BCUT2D eigenvalue weighted by molar-refractivity contribution is 0.467. The molecule has 6 aromatic carbocycles. The molecule has 0 radical (unpaired) electrons. The fraction of sp³-hybridized carbons (Fsp3) is 0. The Morgan fingerprint density at radius 1 is 0.432 bits per heavy atom. The van der Waals surface area contributed by atoms with E-state index < -0.39 is 7.92 Å². The first-order valence-electron chi connectivity index (χ1n) is 12.4. The van der Waals surface area contributed by atoms with Gasteiger partial charge < -0.3 is 9.47 Å². The number of para-hydroxylation sites is 1. The Kier molecular flexibility index (Phi) is 4.53. The number of rotatable bonds is 2. The van der Waals surface area contributed by atoms with E-state index in [1.54, 1.807) is 0 Å². The summed E-state index contributed by atoms with van der Waals surface area (Å²) in [4.78, 5) is 0. The molecule has 0 aliphatic carbocycles. The highest BCUT2D eigenvalue weighted by Crippen LogP contribution is 2.55. The quantitative estimate of drug-likeness (QED) is 0.227. The molecular weight excluding hydrogens is 471 g/mol. The highest BCUT2D eigenvalue weighted by Gasteiger charge is 2.38. The molecule has 2 heterocycles. The van der Waals surface area contributed by atoms with Crippen molar-refractivity contribution in [2.24, 2.45) is 0 Å². The van der Waals surface area contributed by atoms with Crippen molar-refractivity contribution < 1.29 is 9.47 Å². The van der Waals surface area contributed by atoms with Crippen molar-refractivity contribution in [1.82, 2.24) is 0 Å². The van der Waals surface area contributed by atoms with Gasteiger partial charge in [0.2, 0.25) is 0 Å². The van der Waals surface area contributed by atoms with Gasteiger partial charge >= 0.3 is 0 Å². The van der Waals surface area contributed by atoms with E-state index in [0.29, 0.717) is 0 Å². The van der Waals surface area contributed by atoms with Gasteiger partial charge in [-0.2, -0.15) is 0 Å². The fourth-order valence-corrected chi connectivity index (χ4v) is 8.31. The number of hydrogen-bond donors (Lipinski definition) is 0. The number of fused-ring (bicyclic) bond motifs is 6. The van der Waals surface area contributed by atoms with E-state index in [4.69, 9.17) is 9.47 Å². The second kappa shape index (κ2) is 8.06. The predicted molar refractivity (Wildman–Crippen MR) is 154 cm³/mol. The van der Waals surface area contributed by atoms with Crippen LogP contribution < -0.4 is 25.4 Å². The molecule has 0 bridgehead atoms. The average molecular weight is 493 g/mol. The summed E-state index contributed by atoms with van der Waals surface area (Å²) in [6, 6.07) is 44.9. The zero-order valence-corrected chi connectivity index (χ0v) is 20.8. The number of ether oxygens (including phenoxy) is 2. The normalized spacial score (nSPS) is 14.6. The molecule has 2 aliphatic rings. The van der Waals surface area contributed by atoms with E-state index in [-0.39, 0.29) is 0 Å². The van der Waals surface area contributed by atoms with Gasteiger partial charge in [0.1, 0.15) is 23.0 Å². The molecule has 2 aliphatic heterocycles. The Morgan fingerprint density at radius 3 is 1.92 bits per heavy atom. The minimum Gasteiger partial charge on any atom is -0.456 e. The van der Waals surface area contributed by atoms with Crippen LogP contribution in [0.2, 0.25) is 0 Å². The van der Waals surface area contributed by atoms with Crippen molar-refractivity contribution in [3.05, 3.63) is 127 Å². The van der Waals surface area contributed by atoms with Gasteiger partial charge in [0.15, 0.2) is 0 Å². The van der Waals surface area contributed by atoms with E-state index in [2.05, 4.69) is 127 Å². The Morgan fingerprint density at radius 2 is 1.08 bits per heavy atom. The first-order valence-corrected chi connectivity index (χ1v) is 13.8. The second-order valence-electron chi connectivity index (χ2n) is 9.37. The Bertz CT molecular complexity index is 1820. The maximum absolute atomic E-state index is 6.69. The molecule has 6 aromatic rings. The molecule has 0 amide bonds. The molecular formula is C34H21O2P. The van der Waals surface area contributed by atoms with Gasteiger partial charge in [-0.25, -0.2) is 0 Å². The predicted octanol–water partition coefficient (Wildman–Crippen LogP) is 8.14. The Hall–Kier alpha value is -4.39. The van der Waals surface area contributed by atoms with Gasteiger partial charge in [-0.3, -0.25) is 0 Å². The maximum atomic E-state index is 6.69. The standard InChI is InChI=1S/C34H21O2P/c1-2-10-22(11-3-1)25-13-6-7-14-26(25)24-20-30-34-31(21-24)36-29-19-18-23-12-4-5-15-27(23)33(29)37(34)32-17-9-8-16-28(32)35-30/h1-21H. The summed E-state index contributed by atoms with van der Waals surface area (Å²) in [6.45, 7) is 0. The molecule has 0 aromatic heterocycles. The zero-order valence-electron chi connectivity index (χ0n) is 19.9. The Balaban J connectivity index is 1.39. The molecule has 0 fully saturated rings. The van der Waals surface area contributed by atoms with E-state index in [1.807, 2.05) is 0 Å². The van der Waals surface area contributed by atoms with E-state index in [0.717, 1.165) is 34.1 Å². The molecule has 1 atom stereocenters. The van der Waals surface area contributed by atoms with Crippen LogP contribution in [0.25, 0.3) is 33.0 Å². The van der Waals surface area contributed by atoms with Gasteiger partial charge in [0.05, 0.1) is 5.30 Å². The van der Waals surface area contributed by atoms with Crippen LogP contribution in [0.15, 0.2) is 127 Å². The summed E-state index contributed by atoms with van der Waals surface area (Å²) < 4.78 is 13.3. The Labute approximate surface area is 216 Å². The van der Waals surface area contributed by atoms with Crippen LogP contribution in [0.3, 0.4) is 0 Å². The van der Waals surface area contributed by atoms with Crippen molar-refractivity contribution in [3.63, 3.8) is 0 Å². The third-order valence-electron chi connectivity index (χ3n) is 7.22. The average Bonchev–Trinajstić information content (AvgIpc) is 2.97. The van der Waals surface area contributed by atoms with Crippen LogP contribution in [0.1, 0.15) is 0 Å².